The van der Waals surface area contributed by atoms with Gasteiger partial charge >= 0.3 is 0 Å². The minimum absolute atomic E-state index is 0.0122. The van der Waals surface area contributed by atoms with E-state index < -0.39 is 15.6 Å². The summed E-state index contributed by atoms with van der Waals surface area (Å²) < 4.78 is 27.4. The van der Waals surface area contributed by atoms with E-state index in [-0.39, 0.29) is 15.5 Å². The topological polar surface area (TPSA) is 68.1 Å². The molecule has 17 heavy (non-hydrogen) atoms. The molecule has 9 heteroatoms. The standard InChI is InChI=1S/C8H14BrClN4O2S/c1-8(2,5-10)14(4)17(15,16)7-6(9)11-12-13(7)3/h5H2,1-4H3. The van der Waals surface area contributed by atoms with E-state index in [1.807, 2.05) is 0 Å². The van der Waals surface area contributed by atoms with Gasteiger partial charge in [0.15, 0.2) is 4.60 Å². The summed E-state index contributed by atoms with van der Waals surface area (Å²) in [4.78, 5) is 0. The average molecular weight is 346 g/mol. The van der Waals surface area contributed by atoms with E-state index in [0.29, 0.717) is 0 Å². The summed E-state index contributed by atoms with van der Waals surface area (Å²) in [5.74, 6) is 0.186. The van der Waals surface area contributed by atoms with Crippen LogP contribution in [0.3, 0.4) is 0 Å². The van der Waals surface area contributed by atoms with Crippen LogP contribution in [0.15, 0.2) is 9.63 Å². The van der Waals surface area contributed by atoms with Gasteiger partial charge in [-0.3, -0.25) is 0 Å². The number of hydrogen-bond donors (Lipinski definition) is 0. The van der Waals surface area contributed by atoms with Crippen molar-refractivity contribution < 1.29 is 8.42 Å². The molecule has 1 aromatic rings. The van der Waals surface area contributed by atoms with Crippen molar-refractivity contribution in [3.8, 4) is 0 Å². The lowest BCUT2D eigenvalue weighted by molar-refractivity contribution is 0.293. The highest BCUT2D eigenvalue weighted by Gasteiger charge is 2.37. The van der Waals surface area contributed by atoms with Crippen LogP contribution in [0.1, 0.15) is 13.8 Å². The molecule has 0 atom stereocenters. The van der Waals surface area contributed by atoms with Gasteiger partial charge in [-0.15, -0.1) is 16.7 Å². The average Bonchev–Trinajstić information content (AvgIpc) is 2.57. The molecule has 0 N–H and O–H groups in total. The van der Waals surface area contributed by atoms with Gasteiger partial charge < -0.3 is 0 Å². The summed E-state index contributed by atoms with van der Waals surface area (Å²) in [6, 6.07) is 0. The quantitative estimate of drug-likeness (QED) is 0.769. The van der Waals surface area contributed by atoms with Crippen molar-refractivity contribution >= 4 is 37.6 Å². The Morgan fingerprint density at radius 1 is 1.53 bits per heavy atom. The van der Waals surface area contributed by atoms with Gasteiger partial charge in [0.2, 0.25) is 5.03 Å². The predicted octanol–water partition coefficient (Wildman–Crippen LogP) is 1.22. The summed E-state index contributed by atoms with van der Waals surface area (Å²) >= 11 is 8.86. The minimum atomic E-state index is -3.69. The number of rotatable bonds is 4. The van der Waals surface area contributed by atoms with Gasteiger partial charge in [-0.2, -0.15) is 4.31 Å². The number of aryl methyl sites for hydroxylation is 1. The van der Waals surface area contributed by atoms with Crippen LogP contribution >= 0.6 is 27.5 Å². The molecule has 1 heterocycles. The first-order valence-corrected chi connectivity index (χ1v) is 7.51. The Kier molecular flexibility index (Phi) is 4.23. The first-order valence-electron chi connectivity index (χ1n) is 4.75. The lowest BCUT2D eigenvalue weighted by atomic mass is 10.1. The molecule has 1 rings (SSSR count). The Morgan fingerprint density at radius 3 is 2.41 bits per heavy atom. The molecule has 0 aromatic carbocycles. The molecule has 0 aliphatic carbocycles. The van der Waals surface area contributed by atoms with E-state index in [4.69, 9.17) is 11.6 Å². The SMILES string of the molecule is CN(C(C)(C)CCl)S(=O)(=O)c1c(Br)nnn1C. The summed E-state index contributed by atoms with van der Waals surface area (Å²) in [5, 5.41) is 7.33. The van der Waals surface area contributed by atoms with E-state index in [1.165, 1.54) is 23.1 Å². The molecule has 6 nitrogen and oxygen atoms in total. The van der Waals surface area contributed by atoms with Crippen LogP contribution in [-0.4, -0.2) is 46.2 Å². The second-order valence-corrected chi connectivity index (χ2v) is 7.13. The number of hydrogen-bond acceptors (Lipinski definition) is 4. The fraction of sp³-hybridized carbons (Fsp3) is 0.750. The van der Waals surface area contributed by atoms with E-state index in [1.54, 1.807) is 13.8 Å². The maximum absolute atomic E-state index is 12.4. The van der Waals surface area contributed by atoms with E-state index in [0.717, 1.165) is 0 Å². The maximum Gasteiger partial charge on any atom is 0.263 e. The number of halogens is 2. The van der Waals surface area contributed by atoms with Crippen molar-refractivity contribution in [2.45, 2.75) is 24.4 Å². The summed E-state index contributed by atoms with van der Waals surface area (Å²) in [5.41, 5.74) is -0.690. The van der Waals surface area contributed by atoms with Crippen molar-refractivity contribution in [1.29, 1.82) is 0 Å². The molecule has 1 aromatic heterocycles. The number of sulfonamides is 1. The Labute approximate surface area is 114 Å². The minimum Gasteiger partial charge on any atom is -0.235 e. The third-order valence-corrected chi connectivity index (χ3v) is 6.13. The van der Waals surface area contributed by atoms with Gasteiger partial charge in [0.25, 0.3) is 10.0 Å². The first-order chi connectivity index (χ1) is 7.64. The predicted molar refractivity (Wildman–Crippen MR) is 68.5 cm³/mol. The third-order valence-electron chi connectivity index (χ3n) is 2.52. The normalized spacial score (nSPS) is 13.4. The molecule has 0 saturated heterocycles. The molecule has 0 unspecified atom stereocenters. The molecule has 0 aliphatic rings. The maximum atomic E-state index is 12.4. The highest BCUT2D eigenvalue weighted by Crippen LogP contribution is 2.27. The second-order valence-electron chi connectivity index (χ2n) is 4.23. The van der Waals surface area contributed by atoms with E-state index in [2.05, 4.69) is 26.2 Å². The summed E-state index contributed by atoms with van der Waals surface area (Å²) in [6.45, 7) is 3.49. The van der Waals surface area contributed by atoms with E-state index in [9.17, 15) is 8.42 Å². The molecule has 0 amide bonds. The van der Waals surface area contributed by atoms with Gasteiger partial charge in [-0.25, -0.2) is 13.1 Å². The Hall–Kier alpha value is -0.180. The second kappa shape index (κ2) is 4.83. The molecule has 0 bridgehead atoms. The largest absolute Gasteiger partial charge is 0.263 e. The lowest BCUT2D eigenvalue weighted by Gasteiger charge is -2.32. The number of nitrogens with zero attached hydrogens (tertiary/aromatic N) is 4. The molecule has 0 fully saturated rings. The van der Waals surface area contributed by atoms with Crippen LogP contribution < -0.4 is 0 Å². The number of alkyl halides is 1. The van der Waals surface area contributed by atoms with Gasteiger partial charge in [-0.1, -0.05) is 5.21 Å². The zero-order valence-electron chi connectivity index (χ0n) is 9.98. The zero-order chi connectivity index (χ0) is 13.4. The van der Waals surface area contributed by atoms with Crippen molar-refractivity contribution in [3.05, 3.63) is 4.60 Å². The molecule has 0 radical (unpaired) electrons. The Balaban J connectivity index is 3.31. The molecule has 0 saturated carbocycles. The summed E-state index contributed by atoms with van der Waals surface area (Å²) in [7, 11) is -0.683. The first kappa shape index (κ1) is 14.9. The fourth-order valence-corrected chi connectivity index (χ4v) is 3.93. The molecule has 98 valence electrons. The van der Waals surface area contributed by atoms with Crippen molar-refractivity contribution in [3.63, 3.8) is 0 Å². The van der Waals surface area contributed by atoms with Crippen molar-refractivity contribution in [1.82, 2.24) is 19.3 Å². The third kappa shape index (κ3) is 2.64. The van der Waals surface area contributed by atoms with Gasteiger partial charge in [0, 0.05) is 25.5 Å². The molecular formula is C8H14BrClN4O2S. The summed E-state index contributed by atoms with van der Waals surface area (Å²) in [6.07, 6.45) is 0. The molecule has 0 aliphatic heterocycles. The fourth-order valence-electron chi connectivity index (χ4n) is 1.14. The van der Waals surface area contributed by atoms with Crippen molar-refractivity contribution in [2.75, 3.05) is 12.9 Å². The highest BCUT2D eigenvalue weighted by atomic mass is 79.9. The van der Waals surface area contributed by atoms with Crippen LogP contribution in [0.2, 0.25) is 0 Å². The van der Waals surface area contributed by atoms with Crippen LogP contribution in [-0.2, 0) is 17.1 Å². The highest BCUT2D eigenvalue weighted by molar-refractivity contribution is 9.10. The van der Waals surface area contributed by atoms with Crippen molar-refractivity contribution in [2.24, 2.45) is 7.05 Å². The zero-order valence-corrected chi connectivity index (χ0v) is 13.1. The molecule has 0 spiro atoms. The van der Waals surface area contributed by atoms with Crippen LogP contribution in [0.4, 0.5) is 0 Å². The van der Waals surface area contributed by atoms with Crippen LogP contribution in [0.5, 0.6) is 0 Å². The van der Waals surface area contributed by atoms with Crippen LogP contribution in [0.25, 0.3) is 0 Å². The number of aromatic nitrogens is 3. The smallest absolute Gasteiger partial charge is 0.235 e. The lowest BCUT2D eigenvalue weighted by Crippen LogP contribution is -2.46. The van der Waals surface area contributed by atoms with Gasteiger partial charge in [0.05, 0.1) is 0 Å². The van der Waals surface area contributed by atoms with Crippen LogP contribution in [0, 0.1) is 0 Å². The monoisotopic (exact) mass is 344 g/mol. The molecular weight excluding hydrogens is 332 g/mol. The van der Waals surface area contributed by atoms with Gasteiger partial charge in [0.1, 0.15) is 0 Å². The Bertz CT molecular complexity index is 494. The Morgan fingerprint density at radius 2 is 2.06 bits per heavy atom. The van der Waals surface area contributed by atoms with Gasteiger partial charge in [-0.05, 0) is 29.8 Å². The van der Waals surface area contributed by atoms with E-state index >= 15 is 0 Å².